The maximum atomic E-state index is 12.5. The van der Waals surface area contributed by atoms with E-state index in [0.29, 0.717) is 28.6 Å². The lowest BCUT2D eigenvalue weighted by atomic mass is 10.1. The molecule has 1 unspecified atom stereocenters. The molecule has 2 aromatic heterocycles. The topological polar surface area (TPSA) is 97.1 Å². The Balaban J connectivity index is 1.37. The van der Waals surface area contributed by atoms with E-state index in [2.05, 4.69) is 20.8 Å². The molecule has 0 saturated heterocycles. The highest BCUT2D eigenvalue weighted by molar-refractivity contribution is 7.13. The monoisotopic (exact) mass is 396 g/mol. The zero-order chi connectivity index (χ0) is 19.5. The smallest absolute Gasteiger partial charge is 0.286 e. The van der Waals surface area contributed by atoms with Gasteiger partial charge in [0.15, 0.2) is 0 Å². The second-order valence-corrected chi connectivity index (χ2v) is 7.92. The minimum atomic E-state index is -0.312. The van der Waals surface area contributed by atoms with Crippen LogP contribution in [0.2, 0.25) is 0 Å². The van der Waals surface area contributed by atoms with E-state index < -0.39 is 0 Å². The Morgan fingerprint density at radius 3 is 2.82 bits per heavy atom. The summed E-state index contributed by atoms with van der Waals surface area (Å²) in [4.78, 5) is 24.9. The number of carbonyl (C=O) groups excluding carboxylic acids is 2. The summed E-state index contributed by atoms with van der Waals surface area (Å²) >= 11 is 1.33. The van der Waals surface area contributed by atoms with Crippen molar-refractivity contribution in [2.24, 2.45) is 0 Å². The summed E-state index contributed by atoms with van der Waals surface area (Å²) in [6.07, 6.45) is 4.45. The maximum Gasteiger partial charge on any atom is 0.286 e. The Labute approximate surface area is 166 Å². The SMILES string of the molecule is CC(Cc1ccco1)NC(=O)c1cccc(NC(=O)c2nnc(C3CC3)s2)c1. The Bertz CT molecular complexity index is 979. The fourth-order valence-corrected chi connectivity index (χ4v) is 3.74. The van der Waals surface area contributed by atoms with Crippen molar-refractivity contribution in [2.45, 2.75) is 38.1 Å². The van der Waals surface area contributed by atoms with Gasteiger partial charge in [-0.3, -0.25) is 9.59 Å². The first-order valence-corrected chi connectivity index (χ1v) is 9.98. The number of nitrogens with zero attached hydrogens (tertiary/aromatic N) is 2. The van der Waals surface area contributed by atoms with Crippen LogP contribution in [0.5, 0.6) is 0 Å². The first kappa shape index (κ1) is 18.4. The van der Waals surface area contributed by atoms with Gasteiger partial charge in [-0.1, -0.05) is 17.4 Å². The van der Waals surface area contributed by atoms with Crippen LogP contribution in [0, 0.1) is 0 Å². The van der Waals surface area contributed by atoms with Crippen LogP contribution < -0.4 is 10.6 Å². The average Bonchev–Trinajstić information content (AvgIpc) is 3.18. The molecule has 8 heteroatoms. The number of aromatic nitrogens is 2. The molecular weight excluding hydrogens is 376 g/mol. The van der Waals surface area contributed by atoms with Crippen molar-refractivity contribution in [1.82, 2.24) is 15.5 Å². The molecule has 0 radical (unpaired) electrons. The number of benzene rings is 1. The summed E-state index contributed by atoms with van der Waals surface area (Å²) in [7, 11) is 0. The molecule has 1 aliphatic carbocycles. The highest BCUT2D eigenvalue weighted by atomic mass is 32.1. The highest BCUT2D eigenvalue weighted by Gasteiger charge is 2.28. The number of hydrogen-bond donors (Lipinski definition) is 2. The van der Waals surface area contributed by atoms with Crippen LogP contribution in [-0.2, 0) is 6.42 Å². The van der Waals surface area contributed by atoms with Gasteiger partial charge in [-0.2, -0.15) is 0 Å². The van der Waals surface area contributed by atoms with Crippen LogP contribution in [-0.4, -0.2) is 28.1 Å². The molecule has 7 nitrogen and oxygen atoms in total. The molecule has 2 amide bonds. The van der Waals surface area contributed by atoms with Crippen LogP contribution in [0.15, 0.2) is 47.1 Å². The molecule has 2 heterocycles. The standard InChI is InChI=1S/C20H20N4O3S/c1-12(10-16-6-3-9-27-16)21-17(25)14-4-2-5-15(11-14)22-18(26)20-24-23-19(28-20)13-7-8-13/h2-6,9,11-13H,7-8,10H2,1H3,(H,21,25)(H,22,26). The van der Waals surface area contributed by atoms with E-state index in [-0.39, 0.29) is 17.9 Å². The van der Waals surface area contributed by atoms with Crippen LogP contribution in [0.25, 0.3) is 0 Å². The van der Waals surface area contributed by atoms with Gasteiger partial charge in [0.1, 0.15) is 10.8 Å². The summed E-state index contributed by atoms with van der Waals surface area (Å²) in [5, 5.41) is 15.0. The molecule has 1 aromatic carbocycles. The van der Waals surface area contributed by atoms with Gasteiger partial charge < -0.3 is 15.1 Å². The molecule has 4 rings (SSSR count). The summed E-state index contributed by atoms with van der Waals surface area (Å²) in [6.45, 7) is 1.92. The third-order valence-corrected chi connectivity index (χ3v) is 5.49. The lowest BCUT2D eigenvalue weighted by molar-refractivity contribution is 0.0938. The Hall–Kier alpha value is -3.00. The van der Waals surface area contributed by atoms with Gasteiger partial charge in [0.2, 0.25) is 5.01 Å². The van der Waals surface area contributed by atoms with E-state index in [9.17, 15) is 9.59 Å². The Kier molecular flexibility index (Phi) is 5.21. The van der Waals surface area contributed by atoms with Gasteiger partial charge in [-0.25, -0.2) is 0 Å². The van der Waals surface area contributed by atoms with Gasteiger partial charge in [-0.15, -0.1) is 10.2 Å². The molecule has 144 valence electrons. The molecule has 1 fully saturated rings. The van der Waals surface area contributed by atoms with Crippen molar-refractivity contribution < 1.29 is 14.0 Å². The molecule has 0 aliphatic heterocycles. The van der Waals surface area contributed by atoms with Gasteiger partial charge in [-0.05, 0) is 50.1 Å². The fraction of sp³-hybridized carbons (Fsp3) is 0.300. The minimum absolute atomic E-state index is 0.0841. The second kappa shape index (κ2) is 7.93. The molecule has 1 saturated carbocycles. The molecule has 2 N–H and O–H groups in total. The number of amides is 2. The normalized spacial score (nSPS) is 14.5. The zero-order valence-corrected chi connectivity index (χ0v) is 16.2. The Morgan fingerprint density at radius 1 is 1.21 bits per heavy atom. The summed E-state index contributed by atoms with van der Waals surface area (Å²) in [5.74, 6) is 0.765. The summed E-state index contributed by atoms with van der Waals surface area (Å²) < 4.78 is 5.31. The summed E-state index contributed by atoms with van der Waals surface area (Å²) in [5.41, 5.74) is 1.01. The maximum absolute atomic E-state index is 12.5. The molecule has 1 aliphatic rings. The van der Waals surface area contributed by atoms with Gasteiger partial charge in [0, 0.05) is 29.6 Å². The first-order chi connectivity index (χ1) is 13.6. The number of rotatable bonds is 7. The Morgan fingerprint density at radius 2 is 2.07 bits per heavy atom. The van der Waals surface area contributed by atoms with Gasteiger partial charge in [0.05, 0.1) is 6.26 Å². The van der Waals surface area contributed by atoms with E-state index in [1.807, 2.05) is 19.1 Å². The van der Waals surface area contributed by atoms with Crippen molar-refractivity contribution in [1.29, 1.82) is 0 Å². The number of anilines is 1. The number of hydrogen-bond acceptors (Lipinski definition) is 6. The number of nitrogens with one attached hydrogen (secondary N) is 2. The van der Waals surface area contributed by atoms with E-state index >= 15 is 0 Å². The lowest BCUT2D eigenvalue weighted by Crippen LogP contribution is -2.34. The van der Waals surface area contributed by atoms with E-state index in [1.54, 1.807) is 30.5 Å². The molecule has 0 bridgehead atoms. The van der Waals surface area contributed by atoms with Crippen LogP contribution in [0.4, 0.5) is 5.69 Å². The number of carbonyl (C=O) groups is 2. The third-order valence-electron chi connectivity index (χ3n) is 4.41. The predicted molar refractivity (Wildman–Crippen MR) is 106 cm³/mol. The van der Waals surface area contributed by atoms with Crippen molar-refractivity contribution in [3.05, 3.63) is 64.0 Å². The predicted octanol–water partition coefficient (Wildman–Crippen LogP) is 3.62. The first-order valence-electron chi connectivity index (χ1n) is 9.16. The van der Waals surface area contributed by atoms with Crippen LogP contribution in [0.3, 0.4) is 0 Å². The third kappa shape index (κ3) is 4.45. The van der Waals surface area contributed by atoms with Crippen molar-refractivity contribution in [3.8, 4) is 0 Å². The molecule has 3 aromatic rings. The van der Waals surface area contributed by atoms with Crippen LogP contribution >= 0.6 is 11.3 Å². The van der Waals surface area contributed by atoms with E-state index in [0.717, 1.165) is 23.6 Å². The van der Waals surface area contributed by atoms with E-state index in [4.69, 9.17) is 4.42 Å². The molecule has 0 spiro atoms. The number of furan rings is 1. The molecular formula is C20H20N4O3S. The van der Waals surface area contributed by atoms with Gasteiger partial charge in [0.25, 0.3) is 11.8 Å². The van der Waals surface area contributed by atoms with Crippen molar-refractivity contribution >= 4 is 28.8 Å². The molecule has 28 heavy (non-hydrogen) atoms. The quantitative estimate of drug-likeness (QED) is 0.636. The average molecular weight is 396 g/mol. The van der Waals surface area contributed by atoms with Crippen LogP contribution in [0.1, 0.15) is 56.6 Å². The minimum Gasteiger partial charge on any atom is -0.469 e. The van der Waals surface area contributed by atoms with Crippen molar-refractivity contribution in [3.63, 3.8) is 0 Å². The second-order valence-electron chi connectivity index (χ2n) is 6.91. The van der Waals surface area contributed by atoms with E-state index in [1.165, 1.54) is 11.3 Å². The summed E-state index contributed by atoms with van der Waals surface area (Å²) in [6, 6.07) is 10.4. The fourth-order valence-electron chi connectivity index (χ4n) is 2.83. The lowest BCUT2D eigenvalue weighted by Gasteiger charge is -2.13. The largest absolute Gasteiger partial charge is 0.469 e. The highest BCUT2D eigenvalue weighted by Crippen LogP contribution is 2.41. The van der Waals surface area contributed by atoms with Crippen molar-refractivity contribution in [2.75, 3.05) is 5.32 Å². The molecule has 1 atom stereocenters. The van der Waals surface area contributed by atoms with Gasteiger partial charge >= 0.3 is 0 Å². The zero-order valence-electron chi connectivity index (χ0n) is 15.3.